The number of sulfonamides is 1. The van der Waals surface area contributed by atoms with E-state index in [1.54, 1.807) is 18.3 Å². The Bertz CT molecular complexity index is 1200. The third-order valence-corrected chi connectivity index (χ3v) is 8.28. The van der Waals surface area contributed by atoms with Crippen molar-refractivity contribution in [1.29, 1.82) is 0 Å². The lowest BCUT2D eigenvalue weighted by Crippen LogP contribution is -2.42. The van der Waals surface area contributed by atoms with Gasteiger partial charge < -0.3 is 10.6 Å². The minimum atomic E-state index is -3.78. The molecule has 2 aromatic heterocycles. The van der Waals surface area contributed by atoms with Crippen LogP contribution >= 0.6 is 11.5 Å². The molecule has 4 heterocycles. The van der Waals surface area contributed by atoms with Crippen LogP contribution in [-0.4, -0.2) is 45.7 Å². The molecule has 10 nitrogen and oxygen atoms in total. The third-order valence-electron chi connectivity index (χ3n) is 6.23. The van der Waals surface area contributed by atoms with Crippen molar-refractivity contribution in [2.24, 2.45) is 5.92 Å². The molecule has 5 rings (SSSR count). The molecule has 3 N–H and O–H groups in total. The summed E-state index contributed by atoms with van der Waals surface area (Å²) < 4.78 is 37.8. The predicted molar refractivity (Wildman–Crippen MR) is 120 cm³/mol. The van der Waals surface area contributed by atoms with Gasteiger partial charge in [0.15, 0.2) is 0 Å². The van der Waals surface area contributed by atoms with Crippen LogP contribution < -0.4 is 15.3 Å². The molecule has 1 saturated heterocycles. The number of benzene rings is 1. The number of nitrogen functional groups attached to an aromatic ring is 1. The first kappa shape index (κ1) is 21.2. The molecule has 2 aliphatic rings. The van der Waals surface area contributed by atoms with Crippen LogP contribution in [0.3, 0.4) is 0 Å². The number of anilines is 1. The maximum Gasteiger partial charge on any atom is 0.263 e. The lowest BCUT2D eigenvalue weighted by molar-refractivity contribution is 0.0453. The van der Waals surface area contributed by atoms with E-state index in [1.165, 1.54) is 11.1 Å². The van der Waals surface area contributed by atoms with Gasteiger partial charge in [0.25, 0.3) is 10.0 Å². The van der Waals surface area contributed by atoms with Crippen LogP contribution in [0.15, 0.2) is 41.7 Å². The summed E-state index contributed by atoms with van der Waals surface area (Å²) in [5.74, 6) is 7.28. The summed E-state index contributed by atoms with van der Waals surface area (Å²) in [6.45, 7) is 3.72. The van der Waals surface area contributed by atoms with Crippen LogP contribution in [0.5, 0.6) is 5.75 Å². The highest BCUT2D eigenvalue weighted by atomic mass is 32.2. The van der Waals surface area contributed by atoms with Gasteiger partial charge in [0.05, 0.1) is 29.4 Å². The van der Waals surface area contributed by atoms with Gasteiger partial charge in [-0.05, 0) is 37.4 Å². The Labute approximate surface area is 190 Å². The van der Waals surface area contributed by atoms with Crippen molar-refractivity contribution in [1.82, 2.24) is 24.1 Å². The number of ether oxygens (including phenoxy) is 1. The van der Waals surface area contributed by atoms with Crippen LogP contribution in [0.2, 0.25) is 0 Å². The average Bonchev–Trinajstić information content (AvgIpc) is 3.44. The molecule has 3 atom stereocenters. The summed E-state index contributed by atoms with van der Waals surface area (Å²) in [5.41, 5.74) is 1.99. The maximum atomic E-state index is 12.8. The molecular formula is C20H25N7O3S2. The van der Waals surface area contributed by atoms with Gasteiger partial charge in [0.2, 0.25) is 5.13 Å². The molecule has 1 fully saturated rings. The zero-order valence-electron chi connectivity index (χ0n) is 17.6. The summed E-state index contributed by atoms with van der Waals surface area (Å²) in [6.07, 6.45) is 5.96. The highest BCUT2D eigenvalue weighted by molar-refractivity contribution is 7.93. The fourth-order valence-electron chi connectivity index (χ4n) is 4.67. The van der Waals surface area contributed by atoms with Gasteiger partial charge in [-0.2, -0.15) is 14.3 Å². The molecule has 0 bridgehead atoms. The molecule has 170 valence electrons. The maximum absolute atomic E-state index is 12.8. The fourth-order valence-corrected chi connectivity index (χ4v) is 6.34. The van der Waals surface area contributed by atoms with Crippen LogP contribution in [0.4, 0.5) is 5.13 Å². The van der Waals surface area contributed by atoms with E-state index in [0.29, 0.717) is 18.3 Å². The Kier molecular flexibility index (Phi) is 5.51. The Morgan fingerprint density at radius 3 is 2.88 bits per heavy atom. The minimum absolute atomic E-state index is 0.110. The van der Waals surface area contributed by atoms with Crippen molar-refractivity contribution >= 4 is 26.7 Å². The van der Waals surface area contributed by atoms with Crippen LogP contribution in [0, 0.1) is 5.92 Å². The molecule has 2 aliphatic heterocycles. The van der Waals surface area contributed by atoms with Crippen LogP contribution in [0.1, 0.15) is 49.5 Å². The number of nitrogens with two attached hydrogens (primary N) is 1. The quantitative estimate of drug-likeness (QED) is 0.539. The first-order valence-corrected chi connectivity index (χ1v) is 12.8. The Balaban J connectivity index is 1.46. The van der Waals surface area contributed by atoms with Gasteiger partial charge in [-0.25, -0.2) is 13.4 Å². The molecule has 0 radical (unpaired) electrons. The summed E-state index contributed by atoms with van der Waals surface area (Å²) in [7, 11) is -3.78. The SMILES string of the molecule is C[C@H]1CCN([C@@H]2CCOc3cc(S(=O)(=O)Nc4ncns4)ccc32)[C@@H](c2ccnn2N)C1. The molecule has 32 heavy (non-hydrogen) atoms. The Morgan fingerprint density at radius 2 is 2.12 bits per heavy atom. The molecule has 0 saturated carbocycles. The third kappa shape index (κ3) is 3.93. The van der Waals surface area contributed by atoms with Gasteiger partial charge in [0.1, 0.15) is 12.1 Å². The number of fused-ring (bicyclic) bond motifs is 1. The van der Waals surface area contributed by atoms with Crippen molar-refractivity contribution in [3.63, 3.8) is 0 Å². The number of aromatic nitrogens is 4. The van der Waals surface area contributed by atoms with Crippen molar-refractivity contribution in [3.8, 4) is 5.75 Å². The second-order valence-electron chi connectivity index (χ2n) is 8.29. The molecule has 0 spiro atoms. The lowest BCUT2D eigenvalue weighted by atomic mass is 9.87. The monoisotopic (exact) mass is 475 g/mol. The van der Waals surface area contributed by atoms with Crippen molar-refractivity contribution in [2.75, 3.05) is 23.7 Å². The zero-order chi connectivity index (χ0) is 22.3. The van der Waals surface area contributed by atoms with Gasteiger partial charge in [-0.3, -0.25) is 9.62 Å². The molecule has 0 aliphatic carbocycles. The van der Waals surface area contributed by atoms with E-state index in [2.05, 4.69) is 31.0 Å². The number of hydrogen-bond donors (Lipinski definition) is 2. The van der Waals surface area contributed by atoms with Crippen molar-refractivity contribution in [3.05, 3.63) is 48.0 Å². The van der Waals surface area contributed by atoms with E-state index in [4.69, 9.17) is 10.6 Å². The number of nitrogens with one attached hydrogen (secondary N) is 1. The summed E-state index contributed by atoms with van der Waals surface area (Å²) >= 11 is 0.986. The van der Waals surface area contributed by atoms with Crippen molar-refractivity contribution in [2.45, 2.75) is 43.2 Å². The average molecular weight is 476 g/mol. The molecule has 1 aromatic carbocycles. The number of piperidine rings is 1. The smallest absolute Gasteiger partial charge is 0.263 e. The highest BCUT2D eigenvalue weighted by Gasteiger charge is 2.37. The number of rotatable bonds is 5. The summed E-state index contributed by atoms with van der Waals surface area (Å²) in [4.78, 5) is 7.96. The predicted octanol–water partition coefficient (Wildman–Crippen LogP) is 2.55. The molecule has 12 heteroatoms. The Morgan fingerprint density at radius 1 is 1.25 bits per heavy atom. The topological polar surface area (TPSA) is 128 Å². The normalized spacial score (nSPS) is 24.0. The van der Waals surface area contributed by atoms with Gasteiger partial charge in [-0.1, -0.05) is 13.0 Å². The van der Waals surface area contributed by atoms with E-state index in [1.807, 2.05) is 12.1 Å². The summed E-state index contributed by atoms with van der Waals surface area (Å²) in [5, 5.41) is 4.40. The van der Waals surface area contributed by atoms with Crippen LogP contribution in [0.25, 0.3) is 0 Å². The second-order valence-corrected chi connectivity index (χ2v) is 10.8. The molecular weight excluding hydrogens is 450 g/mol. The highest BCUT2D eigenvalue weighted by Crippen LogP contribution is 2.45. The number of likely N-dealkylation sites (tertiary alicyclic amines) is 1. The van der Waals surface area contributed by atoms with E-state index < -0.39 is 10.0 Å². The molecule has 0 unspecified atom stereocenters. The first-order chi connectivity index (χ1) is 15.4. The first-order valence-electron chi connectivity index (χ1n) is 10.5. The van der Waals surface area contributed by atoms with Gasteiger partial charge in [0, 0.05) is 35.6 Å². The number of hydrogen-bond acceptors (Lipinski definition) is 9. The minimum Gasteiger partial charge on any atom is -0.493 e. The van der Waals surface area contributed by atoms with E-state index in [9.17, 15) is 8.42 Å². The van der Waals surface area contributed by atoms with Crippen LogP contribution in [-0.2, 0) is 10.0 Å². The van der Waals surface area contributed by atoms with E-state index in [0.717, 1.165) is 48.6 Å². The Hall–Kier alpha value is -2.70. The van der Waals surface area contributed by atoms with E-state index >= 15 is 0 Å². The molecule has 3 aromatic rings. The molecule has 0 amide bonds. The lowest BCUT2D eigenvalue weighted by Gasteiger charge is -2.44. The van der Waals surface area contributed by atoms with Gasteiger partial charge >= 0.3 is 0 Å². The number of nitrogens with zero attached hydrogens (tertiary/aromatic N) is 5. The largest absolute Gasteiger partial charge is 0.493 e. The standard InChI is InChI=1S/C20H25N7O3S2/c1-13-5-8-26(18(10-13)17-4-7-23-27(17)21)16-6-9-30-19-11-14(2-3-15(16)19)32(28,29)25-20-22-12-24-31-20/h2-4,7,11-13,16,18H,5-6,8-10,21H2,1H3,(H,22,24,25)/t13-,16+,18+/m0/s1. The fraction of sp³-hybridized carbons (Fsp3) is 0.450. The zero-order valence-corrected chi connectivity index (χ0v) is 19.2. The van der Waals surface area contributed by atoms with E-state index in [-0.39, 0.29) is 22.1 Å². The van der Waals surface area contributed by atoms with Gasteiger partial charge in [-0.15, -0.1) is 0 Å². The second kappa shape index (κ2) is 8.34. The van der Waals surface area contributed by atoms with Crippen molar-refractivity contribution < 1.29 is 13.2 Å². The summed E-state index contributed by atoms with van der Waals surface area (Å²) in [6, 6.07) is 7.31.